The molecule has 0 aliphatic heterocycles. The van der Waals surface area contributed by atoms with Crippen molar-refractivity contribution in [3.05, 3.63) is 81.3 Å². The highest BCUT2D eigenvalue weighted by Crippen LogP contribution is 2.28. The maximum atomic E-state index is 12.7. The molecule has 8 heteroatoms. The summed E-state index contributed by atoms with van der Waals surface area (Å²) in [4.78, 5) is 12.7. The number of anilines is 2. The molecule has 0 bridgehead atoms. The highest BCUT2D eigenvalue weighted by Gasteiger charge is 2.19. The van der Waals surface area contributed by atoms with E-state index in [-0.39, 0.29) is 10.8 Å². The number of nitrogens with one attached hydrogen (secondary N) is 2. The van der Waals surface area contributed by atoms with Crippen molar-refractivity contribution in [2.24, 2.45) is 0 Å². The van der Waals surface area contributed by atoms with E-state index in [1.54, 1.807) is 25.1 Å². The summed E-state index contributed by atoms with van der Waals surface area (Å²) in [6.07, 6.45) is -0.738. The van der Waals surface area contributed by atoms with Crippen molar-refractivity contribution in [2.75, 3.05) is 10.0 Å². The number of amides is 1. The van der Waals surface area contributed by atoms with E-state index in [0.29, 0.717) is 17.1 Å². The first kappa shape index (κ1) is 24.8. The molecule has 1 atom stereocenters. The number of ether oxygens (including phenoxy) is 1. The third kappa shape index (κ3) is 6.15. The summed E-state index contributed by atoms with van der Waals surface area (Å²) in [6, 6.07) is 15.4. The minimum atomic E-state index is -3.76. The molecule has 6 nitrogen and oxygen atoms in total. The van der Waals surface area contributed by atoms with E-state index >= 15 is 0 Å². The number of rotatable bonds is 7. The number of benzene rings is 3. The van der Waals surface area contributed by atoms with Crippen molar-refractivity contribution in [1.29, 1.82) is 0 Å². The number of hydrogen-bond acceptors (Lipinski definition) is 4. The number of sulfonamides is 1. The number of aryl methyl sites for hydroxylation is 4. The molecule has 1 unspecified atom stereocenters. The Balaban J connectivity index is 1.68. The fourth-order valence-corrected chi connectivity index (χ4v) is 5.22. The van der Waals surface area contributed by atoms with Crippen LogP contribution in [0.1, 0.15) is 29.2 Å². The van der Waals surface area contributed by atoms with Crippen LogP contribution in [0.4, 0.5) is 11.4 Å². The number of hydrogen-bond donors (Lipinski definition) is 2. The zero-order chi connectivity index (χ0) is 24.3. The largest absolute Gasteiger partial charge is 0.480 e. The zero-order valence-corrected chi connectivity index (χ0v) is 21.6. The molecule has 0 fully saturated rings. The van der Waals surface area contributed by atoms with Gasteiger partial charge in [0.1, 0.15) is 5.75 Å². The molecule has 33 heavy (non-hydrogen) atoms. The van der Waals surface area contributed by atoms with Crippen LogP contribution in [0.2, 0.25) is 0 Å². The van der Waals surface area contributed by atoms with Crippen LogP contribution in [0.25, 0.3) is 0 Å². The van der Waals surface area contributed by atoms with Gasteiger partial charge in [-0.25, -0.2) is 8.42 Å². The normalized spacial score (nSPS) is 12.2. The summed E-state index contributed by atoms with van der Waals surface area (Å²) in [6.45, 7) is 9.31. The van der Waals surface area contributed by atoms with Crippen LogP contribution < -0.4 is 14.8 Å². The second kappa shape index (κ2) is 9.97. The van der Waals surface area contributed by atoms with Gasteiger partial charge in [-0.3, -0.25) is 9.52 Å². The van der Waals surface area contributed by atoms with Crippen LogP contribution >= 0.6 is 15.9 Å². The third-order valence-electron chi connectivity index (χ3n) is 5.15. The van der Waals surface area contributed by atoms with Crippen molar-refractivity contribution in [1.82, 2.24) is 0 Å². The smallest absolute Gasteiger partial charge is 0.265 e. The van der Waals surface area contributed by atoms with Gasteiger partial charge in [-0.15, -0.1) is 0 Å². The van der Waals surface area contributed by atoms with Gasteiger partial charge in [-0.1, -0.05) is 33.6 Å². The number of carbonyl (C=O) groups excluding carboxylic acids is 1. The van der Waals surface area contributed by atoms with Crippen molar-refractivity contribution in [3.8, 4) is 5.75 Å². The molecule has 3 rings (SSSR count). The third-order valence-corrected chi connectivity index (χ3v) is 6.99. The number of carbonyl (C=O) groups is 1. The van der Waals surface area contributed by atoms with E-state index < -0.39 is 16.1 Å². The predicted octanol–water partition coefficient (Wildman–Crippen LogP) is 5.89. The maximum Gasteiger partial charge on any atom is 0.265 e. The Morgan fingerprint density at radius 2 is 1.52 bits per heavy atom. The summed E-state index contributed by atoms with van der Waals surface area (Å²) >= 11 is 3.45. The van der Waals surface area contributed by atoms with Crippen LogP contribution in [-0.2, 0) is 14.8 Å². The molecule has 0 aromatic heterocycles. The van der Waals surface area contributed by atoms with Crippen LogP contribution in [0, 0.1) is 27.7 Å². The van der Waals surface area contributed by atoms with E-state index in [0.717, 1.165) is 26.7 Å². The molecule has 0 saturated carbocycles. The molecule has 3 aromatic rings. The standard InChI is InChI=1S/C25H27BrN2O4S/c1-15-6-11-23(16(2)12-15)28-33(30,31)22-9-7-21(8-10-22)27-25(29)19(5)32-24-17(3)13-20(26)14-18(24)4/h6-14,19,28H,1-5H3,(H,27,29). The fraction of sp³-hybridized carbons (Fsp3) is 0.240. The average molecular weight is 531 g/mol. The quantitative estimate of drug-likeness (QED) is 0.398. The Hall–Kier alpha value is -2.84. The van der Waals surface area contributed by atoms with Crippen LogP contribution in [0.15, 0.2) is 64.0 Å². The predicted molar refractivity (Wildman–Crippen MR) is 136 cm³/mol. The van der Waals surface area contributed by atoms with Gasteiger partial charge < -0.3 is 10.1 Å². The molecule has 0 radical (unpaired) electrons. The fourth-order valence-electron chi connectivity index (χ4n) is 3.41. The Morgan fingerprint density at radius 3 is 2.09 bits per heavy atom. The van der Waals surface area contributed by atoms with Crippen LogP contribution in [-0.4, -0.2) is 20.4 Å². The summed E-state index contributed by atoms with van der Waals surface area (Å²) in [5.41, 5.74) is 4.75. The highest BCUT2D eigenvalue weighted by atomic mass is 79.9. The van der Waals surface area contributed by atoms with Crippen molar-refractivity contribution in [3.63, 3.8) is 0 Å². The lowest BCUT2D eigenvalue weighted by molar-refractivity contribution is -0.122. The zero-order valence-electron chi connectivity index (χ0n) is 19.2. The summed E-state index contributed by atoms with van der Waals surface area (Å²) in [5.74, 6) is 0.334. The molecule has 2 N–H and O–H groups in total. The van der Waals surface area contributed by atoms with Gasteiger partial charge >= 0.3 is 0 Å². The van der Waals surface area contributed by atoms with Gasteiger partial charge in [-0.05, 0) is 93.8 Å². The van der Waals surface area contributed by atoms with E-state index in [4.69, 9.17) is 4.74 Å². The number of halogens is 1. The van der Waals surface area contributed by atoms with Gasteiger partial charge in [0.05, 0.1) is 10.6 Å². The van der Waals surface area contributed by atoms with E-state index in [1.165, 1.54) is 12.1 Å². The second-order valence-electron chi connectivity index (χ2n) is 8.07. The summed E-state index contributed by atoms with van der Waals surface area (Å²) in [5, 5.41) is 2.77. The van der Waals surface area contributed by atoms with Gasteiger partial charge in [-0.2, -0.15) is 0 Å². The molecule has 174 valence electrons. The molecule has 1 amide bonds. The van der Waals surface area contributed by atoms with Gasteiger partial charge in [0, 0.05) is 10.2 Å². The maximum absolute atomic E-state index is 12.7. The lowest BCUT2D eigenvalue weighted by atomic mass is 10.1. The van der Waals surface area contributed by atoms with Crippen LogP contribution in [0.3, 0.4) is 0 Å². The minimum Gasteiger partial charge on any atom is -0.480 e. The van der Waals surface area contributed by atoms with Crippen molar-refractivity contribution in [2.45, 2.75) is 45.6 Å². The SMILES string of the molecule is Cc1ccc(NS(=O)(=O)c2ccc(NC(=O)C(C)Oc3c(C)cc(Br)cc3C)cc2)c(C)c1. The summed E-state index contributed by atoms with van der Waals surface area (Å²) < 4.78 is 34.9. The van der Waals surface area contributed by atoms with Gasteiger partial charge in [0.25, 0.3) is 15.9 Å². The Morgan fingerprint density at radius 1 is 0.909 bits per heavy atom. The molecular formula is C25H27BrN2O4S. The Kier molecular flexibility index (Phi) is 7.49. The monoisotopic (exact) mass is 530 g/mol. The lowest BCUT2D eigenvalue weighted by Crippen LogP contribution is -2.30. The molecular weight excluding hydrogens is 504 g/mol. The molecule has 0 heterocycles. The molecule has 0 aliphatic rings. The van der Waals surface area contributed by atoms with Crippen molar-refractivity contribution < 1.29 is 17.9 Å². The first-order valence-electron chi connectivity index (χ1n) is 10.4. The topological polar surface area (TPSA) is 84.5 Å². The average Bonchev–Trinajstić information content (AvgIpc) is 2.73. The van der Waals surface area contributed by atoms with Crippen molar-refractivity contribution >= 4 is 43.2 Å². The molecule has 0 aliphatic carbocycles. The Bertz CT molecular complexity index is 1270. The first-order valence-corrected chi connectivity index (χ1v) is 12.7. The van der Waals surface area contributed by atoms with E-state index in [2.05, 4.69) is 26.0 Å². The first-order chi connectivity index (χ1) is 15.5. The summed E-state index contributed by atoms with van der Waals surface area (Å²) in [7, 11) is -3.76. The minimum absolute atomic E-state index is 0.103. The van der Waals surface area contributed by atoms with E-state index in [9.17, 15) is 13.2 Å². The van der Waals surface area contributed by atoms with E-state index in [1.807, 2.05) is 52.0 Å². The lowest BCUT2D eigenvalue weighted by Gasteiger charge is -2.18. The van der Waals surface area contributed by atoms with Gasteiger partial charge in [0.15, 0.2) is 6.10 Å². The highest BCUT2D eigenvalue weighted by molar-refractivity contribution is 9.10. The van der Waals surface area contributed by atoms with Gasteiger partial charge in [0.2, 0.25) is 0 Å². The van der Waals surface area contributed by atoms with Crippen LogP contribution in [0.5, 0.6) is 5.75 Å². The molecule has 0 saturated heterocycles. The second-order valence-corrected chi connectivity index (χ2v) is 10.7. The Labute approximate surface area is 203 Å². The molecule has 0 spiro atoms. The molecule has 3 aromatic carbocycles.